The minimum Gasteiger partial charge on any atom is -0.496 e. The lowest BCUT2D eigenvalue weighted by Crippen LogP contribution is -2.17. The van der Waals surface area contributed by atoms with Gasteiger partial charge in [-0.2, -0.15) is 0 Å². The van der Waals surface area contributed by atoms with Gasteiger partial charge in [0.25, 0.3) is 5.91 Å². The zero-order valence-electron chi connectivity index (χ0n) is 7.05. The molecule has 0 aromatic heterocycles. The van der Waals surface area contributed by atoms with Gasteiger partial charge in [-0.1, -0.05) is 0 Å². The molecule has 0 saturated carbocycles. The molecule has 1 aromatic rings. The molecule has 0 aliphatic heterocycles. The van der Waals surface area contributed by atoms with Gasteiger partial charge in [-0.15, -0.1) is 0 Å². The summed E-state index contributed by atoms with van der Waals surface area (Å²) >= 11 is 0. The van der Waals surface area contributed by atoms with Crippen LogP contribution in [-0.2, 0) is 0 Å². The second-order valence-corrected chi connectivity index (χ2v) is 2.22. The molecular formula is C9H10NO2. The Balaban J connectivity index is 2.93. The van der Waals surface area contributed by atoms with E-state index in [1.165, 1.54) is 0 Å². The van der Waals surface area contributed by atoms with Crippen LogP contribution in [0.2, 0.25) is 0 Å². The van der Waals surface area contributed by atoms with Crippen molar-refractivity contribution in [3.05, 3.63) is 29.8 Å². The Bertz CT molecular complexity index is 284. The van der Waals surface area contributed by atoms with Crippen molar-refractivity contribution in [1.82, 2.24) is 5.32 Å². The fraction of sp³-hybridized carbons (Fsp3) is 0.222. The summed E-state index contributed by atoms with van der Waals surface area (Å²) in [6.07, 6.45) is 0. The molecule has 3 nitrogen and oxygen atoms in total. The molecule has 1 radical (unpaired) electrons. The van der Waals surface area contributed by atoms with E-state index in [1.54, 1.807) is 32.4 Å². The highest BCUT2D eigenvalue weighted by Gasteiger charge is 2.02. The van der Waals surface area contributed by atoms with Crippen molar-refractivity contribution in [1.29, 1.82) is 0 Å². The summed E-state index contributed by atoms with van der Waals surface area (Å²) in [5, 5.41) is 2.52. The standard InChI is InChI=1S/C9H10NO2/c1-10-9(11)7-4-3-5-8(6-7)12-2/h3-4,6H,1-2H3,(H,10,11). The van der Waals surface area contributed by atoms with Gasteiger partial charge in [-0.05, 0) is 18.2 Å². The van der Waals surface area contributed by atoms with Crippen molar-refractivity contribution < 1.29 is 9.53 Å². The molecule has 0 heterocycles. The third-order valence-corrected chi connectivity index (χ3v) is 1.48. The number of ether oxygens (including phenoxy) is 1. The molecular weight excluding hydrogens is 154 g/mol. The van der Waals surface area contributed by atoms with E-state index in [-0.39, 0.29) is 5.91 Å². The Morgan fingerprint density at radius 2 is 2.42 bits per heavy atom. The van der Waals surface area contributed by atoms with Crippen LogP contribution in [0.25, 0.3) is 0 Å². The van der Waals surface area contributed by atoms with Gasteiger partial charge in [0.1, 0.15) is 5.75 Å². The number of hydrogen-bond acceptors (Lipinski definition) is 2. The Kier molecular flexibility index (Phi) is 2.69. The van der Waals surface area contributed by atoms with Crippen molar-refractivity contribution in [3.63, 3.8) is 0 Å². The van der Waals surface area contributed by atoms with Crippen LogP contribution in [-0.4, -0.2) is 20.1 Å². The second-order valence-electron chi connectivity index (χ2n) is 2.22. The van der Waals surface area contributed by atoms with Crippen LogP contribution in [0.4, 0.5) is 0 Å². The maximum atomic E-state index is 11.1. The zero-order chi connectivity index (χ0) is 8.97. The van der Waals surface area contributed by atoms with E-state index < -0.39 is 0 Å². The van der Waals surface area contributed by atoms with Crippen LogP contribution in [0.15, 0.2) is 18.2 Å². The monoisotopic (exact) mass is 164 g/mol. The van der Waals surface area contributed by atoms with Gasteiger partial charge in [0, 0.05) is 18.7 Å². The number of benzene rings is 1. The van der Waals surface area contributed by atoms with Crippen LogP contribution in [0.3, 0.4) is 0 Å². The van der Waals surface area contributed by atoms with Crippen molar-refractivity contribution >= 4 is 5.91 Å². The molecule has 0 atom stereocenters. The predicted molar refractivity (Wildman–Crippen MR) is 45.2 cm³/mol. The first-order valence-corrected chi connectivity index (χ1v) is 3.55. The summed E-state index contributed by atoms with van der Waals surface area (Å²) in [6.45, 7) is 0. The molecule has 0 saturated heterocycles. The number of hydrogen-bond donors (Lipinski definition) is 1. The molecule has 1 amide bonds. The van der Waals surface area contributed by atoms with Gasteiger partial charge >= 0.3 is 0 Å². The lowest BCUT2D eigenvalue weighted by molar-refractivity contribution is 0.0962. The number of nitrogens with one attached hydrogen (secondary N) is 1. The Morgan fingerprint density at radius 1 is 1.67 bits per heavy atom. The lowest BCUT2D eigenvalue weighted by atomic mass is 10.2. The van der Waals surface area contributed by atoms with Crippen LogP contribution in [0.1, 0.15) is 10.4 Å². The fourth-order valence-corrected chi connectivity index (χ4v) is 0.848. The molecule has 0 aliphatic carbocycles. The zero-order valence-corrected chi connectivity index (χ0v) is 7.05. The minimum absolute atomic E-state index is 0.123. The van der Waals surface area contributed by atoms with Crippen molar-refractivity contribution in [2.75, 3.05) is 14.2 Å². The Hall–Kier alpha value is -1.51. The van der Waals surface area contributed by atoms with Gasteiger partial charge < -0.3 is 10.1 Å². The molecule has 12 heavy (non-hydrogen) atoms. The minimum atomic E-state index is -0.123. The van der Waals surface area contributed by atoms with Gasteiger partial charge in [-0.25, -0.2) is 0 Å². The third-order valence-electron chi connectivity index (χ3n) is 1.48. The summed E-state index contributed by atoms with van der Waals surface area (Å²) in [6, 6.07) is 7.81. The number of carbonyl (C=O) groups is 1. The molecule has 0 spiro atoms. The summed E-state index contributed by atoms with van der Waals surface area (Å²) in [5.41, 5.74) is 0.577. The molecule has 0 fully saturated rings. The first kappa shape index (κ1) is 8.59. The summed E-state index contributed by atoms with van der Waals surface area (Å²) in [5.74, 6) is 0.443. The van der Waals surface area contributed by atoms with Crippen molar-refractivity contribution in [3.8, 4) is 5.75 Å². The van der Waals surface area contributed by atoms with E-state index >= 15 is 0 Å². The van der Waals surface area contributed by atoms with Gasteiger partial charge in [0.2, 0.25) is 0 Å². The van der Waals surface area contributed by atoms with Crippen LogP contribution in [0, 0.1) is 6.07 Å². The third kappa shape index (κ3) is 1.75. The molecule has 1 N–H and O–H groups in total. The van der Waals surface area contributed by atoms with Crippen LogP contribution in [0.5, 0.6) is 5.75 Å². The van der Waals surface area contributed by atoms with Crippen molar-refractivity contribution in [2.45, 2.75) is 0 Å². The maximum absolute atomic E-state index is 11.1. The van der Waals surface area contributed by atoms with E-state index in [4.69, 9.17) is 4.74 Å². The summed E-state index contributed by atoms with van der Waals surface area (Å²) in [7, 11) is 3.13. The summed E-state index contributed by atoms with van der Waals surface area (Å²) in [4.78, 5) is 11.1. The molecule has 1 aromatic carbocycles. The first-order chi connectivity index (χ1) is 5.77. The van der Waals surface area contributed by atoms with E-state index in [0.717, 1.165) is 0 Å². The normalized spacial score (nSPS) is 9.17. The number of methoxy groups -OCH3 is 1. The predicted octanol–water partition coefficient (Wildman–Crippen LogP) is 0.855. The maximum Gasteiger partial charge on any atom is 0.251 e. The van der Waals surface area contributed by atoms with E-state index in [1.807, 2.05) is 0 Å². The van der Waals surface area contributed by atoms with E-state index in [2.05, 4.69) is 11.4 Å². The second kappa shape index (κ2) is 3.76. The highest BCUT2D eigenvalue weighted by molar-refractivity contribution is 5.94. The SMILES string of the molecule is CNC(=O)c1cc[c]c(OC)c1. The highest BCUT2D eigenvalue weighted by Crippen LogP contribution is 2.10. The van der Waals surface area contributed by atoms with Gasteiger partial charge in [-0.3, -0.25) is 4.79 Å². The summed E-state index contributed by atoms with van der Waals surface area (Å²) < 4.78 is 4.91. The fourth-order valence-electron chi connectivity index (χ4n) is 0.848. The average molecular weight is 164 g/mol. The average Bonchev–Trinajstić information content (AvgIpc) is 2.17. The van der Waals surface area contributed by atoms with Crippen LogP contribution < -0.4 is 10.1 Å². The smallest absolute Gasteiger partial charge is 0.251 e. The largest absolute Gasteiger partial charge is 0.496 e. The topological polar surface area (TPSA) is 38.3 Å². The quantitative estimate of drug-likeness (QED) is 0.703. The number of rotatable bonds is 2. The molecule has 63 valence electrons. The van der Waals surface area contributed by atoms with Gasteiger partial charge in [0.15, 0.2) is 0 Å². The highest BCUT2D eigenvalue weighted by atomic mass is 16.5. The number of amides is 1. The molecule has 0 unspecified atom stereocenters. The lowest BCUT2D eigenvalue weighted by Gasteiger charge is -2.01. The molecule has 0 bridgehead atoms. The van der Waals surface area contributed by atoms with E-state index in [0.29, 0.717) is 11.3 Å². The van der Waals surface area contributed by atoms with Gasteiger partial charge in [0.05, 0.1) is 7.11 Å². The van der Waals surface area contributed by atoms with Crippen molar-refractivity contribution in [2.24, 2.45) is 0 Å². The first-order valence-electron chi connectivity index (χ1n) is 3.55. The molecule has 0 aliphatic rings. The Labute approximate surface area is 71.4 Å². The van der Waals surface area contributed by atoms with E-state index in [9.17, 15) is 4.79 Å². The Morgan fingerprint density at radius 3 is 3.00 bits per heavy atom. The molecule has 1 rings (SSSR count). The molecule has 3 heteroatoms. The number of carbonyl (C=O) groups excluding carboxylic acids is 1. The van der Waals surface area contributed by atoms with Crippen LogP contribution >= 0.6 is 0 Å².